The van der Waals surface area contributed by atoms with Gasteiger partial charge in [-0.3, -0.25) is 0 Å². The van der Waals surface area contributed by atoms with Crippen LogP contribution in [0.5, 0.6) is 0 Å². The van der Waals surface area contributed by atoms with Crippen LogP contribution in [0.1, 0.15) is 32.1 Å². The molecule has 2 aliphatic rings. The van der Waals surface area contributed by atoms with Crippen LogP contribution >= 0.6 is 12.2 Å². The third-order valence-electron chi connectivity index (χ3n) is 2.96. The Morgan fingerprint density at radius 2 is 2.00 bits per heavy atom. The topological polar surface area (TPSA) is 35.5 Å². The first kappa shape index (κ1) is 9.21. The van der Waals surface area contributed by atoms with Crippen LogP contribution in [0, 0.1) is 0 Å². The molecule has 13 heavy (non-hydrogen) atoms. The van der Waals surface area contributed by atoms with Crippen molar-refractivity contribution in [3.63, 3.8) is 0 Å². The summed E-state index contributed by atoms with van der Waals surface area (Å²) in [7, 11) is 0. The standard InChI is InChI=1S/C9H16N2OS/c12-8-6-10-9(13)11(8)7-4-2-1-3-5-7/h7-8,12H,1-6H2,(H,10,13). The van der Waals surface area contributed by atoms with E-state index in [2.05, 4.69) is 5.32 Å². The number of hydrogen-bond acceptors (Lipinski definition) is 2. The van der Waals surface area contributed by atoms with Gasteiger partial charge < -0.3 is 15.3 Å². The third kappa shape index (κ3) is 1.79. The lowest BCUT2D eigenvalue weighted by Crippen LogP contribution is -2.43. The first-order valence-electron chi connectivity index (χ1n) is 5.03. The molecule has 0 aromatic carbocycles. The zero-order valence-electron chi connectivity index (χ0n) is 7.70. The van der Waals surface area contributed by atoms with E-state index in [9.17, 15) is 5.11 Å². The summed E-state index contributed by atoms with van der Waals surface area (Å²) in [5.41, 5.74) is 0. The summed E-state index contributed by atoms with van der Waals surface area (Å²) in [6.07, 6.45) is 5.85. The molecule has 0 aromatic heterocycles. The second kappa shape index (κ2) is 3.80. The maximum absolute atomic E-state index is 9.69. The van der Waals surface area contributed by atoms with Gasteiger partial charge in [0.15, 0.2) is 5.11 Å². The SMILES string of the molecule is OC1CNC(=S)N1C1CCCCC1. The van der Waals surface area contributed by atoms with E-state index in [0.717, 1.165) is 5.11 Å². The van der Waals surface area contributed by atoms with E-state index in [0.29, 0.717) is 12.6 Å². The minimum atomic E-state index is -0.393. The summed E-state index contributed by atoms with van der Waals surface area (Å²) in [5, 5.41) is 13.4. The number of rotatable bonds is 1. The molecule has 0 aromatic rings. The molecular weight excluding hydrogens is 184 g/mol. The van der Waals surface area contributed by atoms with Gasteiger partial charge in [-0.05, 0) is 25.1 Å². The molecule has 0 spiro atoms. The number of nitrogens with one attached hydrogen (secondary N) is 1. The van der Waals surface area contributed by atoms with Crippen LogP contribution in [-0.4, -0.2) is 33.9 Å². The van der Waals surface area contributed by atoms with Crippen molar-refractivity contribution < 1.29 is 5.11 Å². The fourth-order valence-electron chi connectivity index (χ4n) is 2.27. The van der Waals surface area contributed by atoms with E-state index in [4.69, 9.17) is 12.2 Å². The lowest BCUT2D eigenvalue weighted by Gasteiger charge is -2.33. The van der Waals surface area contributed by atoms with E-state index < -0.39 is 6.23 Å². The van der Waals surface area contributed by atoms with Crippen LogP contribution < -0.4 is 5.32 Å². The van der Waals surface area contributed by atoms with Crippen molar-refractivity contribution >= 4 is 17.3 Å². The predicted molar refractivity (Wildman–Crippen MR) is 55.3 cm³/mol. The van der Waals surface area contributed by atoms with Crippen molar-refractivity contribution in [2.75, 3.05) is 6.54 Å². The largest absolute Gasteiger partial charge is 0.372 e. The van der Waals surface area contributed by atoms with Crippen molar-refractivity contribution in [2.45, 2.75) is 44.4 Å². The van der Waals surface area contributed by atoms with Crippen LogP contribution in [0.15, 0.2) is 0 Å². The van der Waals surface area contributed by atoms with Gasteiger partial charge in [-0.1, -0.05) is 19.3 Å². The Balaban J connectivity index is 2.00. The average molecular weight is 200 g/mol. The molecule has 74 valence electrons. The van der Waals surface area contributed by atoms with Crippen molar-refractivity contribution in [2.24, 2.45) is 0 Å². The van der Waals surface area contributed by atoms with Crippen molar-refractivity contribution in [1.29, 1.82) is 0 Å². The molecular formula is C9H16N2OS. The number of aliphatic hydroxyl groups excluding tert-OH is 1. The number of nitrogens with zero attached hydrogens (tertiary/aromatic N) is 1. The fourth-order valence-corrected chi connectivity index (χ4v) is 2.63. The van der Waals surface area contributed by atoms with E-state index in [1.54, 1.807) is 0 Å². The lowest BCUT2D eigenvalue weighted by atomic mass is 9.94. The number of aliphatic hydroxyl groups is 1. The Bertz CT molecular complexity index is 204. The van der Waals surface area contributed by atoms with Crippen LogP contribution in [-0.2, 0) is 0 Å². The summed E-state index contributed by atoms with van der Waals surface area (Å²) in [6.45, 7) is 0.593. The van der Waals surface area contributed by atoms with Crippen LogP contribution in [0.3, 0.4) is 0 Å². The molecule has 0 radical (unpaired) electrons. The minimum absolute atomic E-state index is 0.393. The molecule has 4 heteroatoms. The third-order valence-corrected chi connectivity index (χ3v) is 3.31. The van der Waals surface area contributed by atoms with E-state index >= 15 is 0 Å². The Labute approximate surface area is 84.1 Å². The molecule has 1 saturated heterocycles. The van der Waals surface area contributed by atoms with Crippen molar-refractivity contribution in [3.8, 4) is 0 Å². The van der Waals surface area contributed by atoms with Crippen LogP contribution in [0.25, 0.3) is 0 Å². The second-order valence-corrected chi connectivity index (χ2v) is 4.25. The molecule has 2 rings (SSSR count). The summed E-state index contributed by atoms with van der Waals surface area (Å²) in [4.78, 5) is 1.98. The summed E-state index contributed by atoms with van der Waals surface area (Å²) in [5.74, 6) is 0. The number of β-amino-alcohol motifs (C(OH)–C–C–N with tert-alkyl or cyclic N) is 1. The number of thiocarbonyl (C=S) groups is 1. The quantitative estimate of drug-likeness (QED) is 0.615. The first-order valence-corrected chi connectivity index (χ1v) is 5.44. The second-order valence-electron chi connectivity index (χ2n) is 3.87. The fraction of sp³-hybridized carbons (Fsp3) is 0.889. The first-order chi connectivity index (χ1) is 6.29. The highest BCUT2D eigenvalue weighted by atomic mass is 32.1. The Kier molecular flexibility index (Phi) is 2.69. The molecule has 0 bridgehead atoms. The zero-order valence-corrected chi connectivity index (χ0v) is 8.52. The minimum Gasteiger partial charge on any atom is -0.372 e. The average Bonchev–Trinajstić information content (AvgIpc) is 2.48. The molecule has 3 nitrogen and oxygen atoms in total. The van der Waals surface area contributed by atoms with Crippen molar-refractivity contribution in [3.05, 3.63) is 0 Å². The molecule has 1 saturated carbocycles. The van der Waals surface area contributed by atoms with Gasteiger partial charge in [0.25, 0.3) is 0 Å². The van der Waals surface area contributed by atoms with Gasteiger partial charge in [-0.2, -0.15) is 0 Å². The summed E-state index contributed by atoms with van der Waals surface area (Å²) >= 11 is 5.15. The molecule has 1 aliphatic heterocycles. The lowest BCUT2D eigenvalue weighted by molar-refractivity contribution is 0.0422. The van der Waals surface area contributed by atoms with Gasteiger partial charge in [-0.15, -0.1) is 0 Å². The van der Waals surface area contributed by atoms with Gasteiger partial charge in [0.1, 0.15) is 6.23 Å². The molecule has 1 heterocycles. The van der Waals surface area contributed by atoms with Gasteiger partial charge in [0.2, 0.25) is 0 Å². The van der Waals surface area contributed by atoms with Crippen LogP contribution in [0.2, 0.25) is 0 Å². The zero-order chi connectivity index (χ0) is 9.26. The van der Waals surface area contributed by atoms with Gasteiger partial charge in [0.05, 0.1) is 6.54 Å². The maximum Gasteiger partial charge on any atom is 0.171 e. The Morgan fingerprint density at radius 1 is 1.31 bits per heavy atom. The normalized spacial score (nSPS) is 30.7. The molecule has 1 unspecified atom stereocenters. The summed E-state index contributed by atoms with van der Waals surface area (Å²) in [6, 6.07) is 0.478. The van der Waals surface area contributed by atoms with E-state index in [1.807, 2.05) is 4.90 Å². The highest BCUT2D eigenvalue weighted by Crippen LogP contribution is 2.25. The van der Waals surface area contributed by atoms with E-state index in [-0.39, 0.29) is 0 Å². The number of hydrogen-bond donors (Lipinski definition) is 2. The molecule has 2 fully saturated rings. The molecule has 2 N–H and O–H groups in total. The molecule has 1 atom stereocenters. The van der Waals surface area contributed by atoms with Crippen molar-refractivity contribution in [1.82, 2.24) is 10.2 Å². The van der Waals surface area contributed by atoms with Gasteiger partial charge >= 0.3 is 0 Å². The van der Waals surface area contributed by atoms with Crippen LogP contribution in [0.4, 0.5) is 0 Å². The Morgan fingerprint density at radius 3 is 2.54 bits per heavy atom. The Hall–Kier alpha value is -0.350. The predicted octanol–water partition coefficient (Wildman–Crippen LogP) is 0.828. The highest BCUT2D eigenvalue weighted by Gasteiger charge is 2.32. The highest BCUT2D eigenvalue weighted by molar-refractivity contribution is 7.80. The van der Waals surface area contributed by atoms with E-state index in [1.165, 1.54) is 32.1 Å². The monoisotopic (exact) mass is 200 g/mol. The smallest absolute Gasteiger partial charge is 0.171 e. The van der Waals surface area contributed by atoms with Gasteiger partial charge in [-0.25, -0.2) is 0 Å². The molecule has 1 aliphatic carbocycles. The molecule has 0 amide bonds. The summed E-state index contributed by atoms with van der Waals surface area (Å²) < 4.78 is 0. The maximum atomic E-state index is 9.69. The van der Waals surface area contributed by atoms with Gasteiger partial charge in [0, 0.05) is 6.04 Å².